The number of nitrogens with two attached hydrogens (primary N) is 1. The van der Waals surface area contributed by atoms with Gasteiger partial charge in [-0.2, -0.15) is 0 Å². The summed E-state index contributed by atoms with van der Waals surface area (Å²) in [6, 6.07) is 0. The smallest absolute Gasteiger partial charge is 0.252 e. The van der Waals surface area contributed by atoms with E-state index < -0.39 is 23.4 Å². The molecule has 0 bridgehead atoms. The minimum atomic E-state index is -1.25. The third kappa shape index (κ3) is 2.97. The highest BCUT2D eigenvalue weighted by atomic mass is 32.2. The number of terminal acetylenes is 1. The molecule has 7 nitrogen and oxygen atoms in total. The number of hydrogen-bond acceptors (Lipinski definition) is 7. The van der Waals surface area contributed by atoms with E-state index in [0.29, 0.717) is 12.0 Å². The quantitative estimate of drug-likeness (QED) is 0.221. The Kier molecular flexibility index (Phi) is 5.14. The van der Waals surface area contributed by atoms with Crippen molar-refractivity contribution in [3.8, 4) is 12.3 Å². The van der Waals surface area contributed by atoms with Crippen LogP contribution in [0.1, 0.15) is 6.92 Å². The predicted octanol–water partition coefficient (Wildman–Crippen LogP) is 0.502. The highest BCUT2D eigenvalue weighted by molar-refractivity contribution is 7.94. The molecule has 0 aliphatic heterocycles. The Labute approximate surface area is 113 Å². The summed E-state index contributed by atoms with van der Waals surface area (Å²) >= 11 is 0.619. The van der Waals surface area contributed by atoms with Crippen molar-refractivity contribution in [1.82, 2.24) is 0 Å². The van der Waals surface area contributed by atoms with Gasteiger partial charge in [0.2, 0.25) is 0 Å². The van der Waals surface area contributed by atoms with Crippen LogP contribution in [-0.2, 0) is 19.0 Å². The van der Waals surface area contributed by atoms with E-state index in [1.54, 1.807) is 0 Å². The van der Waals surface area contributed by atoms with Crippen LogP contribution in [0.5, 0.6) is 0 Å². The maximum atomic E-state index is 12.0. The number of ketones is 1. The number of Topliss-reactive ketones (excluding diaryl/α,β-unsaturated/α-hetero) is 1. The number of amides is 1. The summed E-state index contributed by atoms with van der Waals surface area (Å²) in [5.74, 6) is -1.13. The van der Waals surface area contributed by atoms with Crippen LogP contribution in [0.15, 0.2) is 22.5 Å². The average Bonchev–Trinajstić information content (AvgIpc) is 2.33. The third-order valence-electron chi connectivity index (χ3n) is 2.61. The molecule has 19 heavy (non-hydrogen) atoms. The zero-order valence-corrected chi connectivity index (χ0v) is 10.7. The molecule has 1 amide bonds. The van der Waals surface area contributed by atoms with Crippen LogP contribution in [-0.4, -0.2) is 27.8 Å². The summed E-state index contributed by atoms with van der Waals surface area (Å²) < 4.78 is 4.16. The molecule has 0 saturated carbocycles. The minimum Gasteiger partial charge on any atom is -0.510 e. The molecule has 1 atom stereocenters. The first-order valence-electron chi connectivity index (χ1n) is 4.98. The number of primary amides is 1. The molecule has 1 rings (SSSR count). The zero-order chi connectivity index (χ0) is 14.6. The molecule has 102 valence electrons. The molecule has 4 N–H and O–H groups in total. The number of rotatable bonds is 5. The molecule has 1 aliphatic rings. The molecule has 0 aromatic rings. The van der Waals surface area contributed by atoms with Crippen LogP contribution in [0.3, 0.4) is 0 Å². The fourth-order valence-corrected chi connectivity index (χ4v) is 2.29. The van der Waals surface area contributed by atoms with Crippen LogP contribution in [0, 0.1) is 18.3 Å². The van der Waals surface area contributed by atoms with Gasteiger partial charge in [0, 0.05) is 17.6 Å². The number of carbonyl (C=O) groups excluding carboxylic acids is 2. The first kappa shape index (κ1) is 15.3. The summed E-state index contributed by atoms with van der Waals surface area (Å²) in [7, 11) is 0. The number of allylic oxidation sites excluding steroid dienone is 1. The van der Waals surface area contributed by atoms with E-state index in [4.69, 9.17) is 17.4 Å². The van der Waals surface area contributed by atoms with Gasteiger partial charge >= 0.3 is 0 Å². The third-order valence-corrected chi connectivity index (χ3v) is 3.18. The minimum absolute atomic E-state index is 0.0343. The van der Waals surface area contributed by atoms with E-state index in [1.165, 1.54) is 6.92 Å². The normalized spacial score (nSPS) is 19.6. The first-order chi connectivity index (χ1) is 8.95. The zero-order valence-electron chi connectivity index (χ0n) is 9.87. The molecule has 0 radical (unpaired) electrons. The molecule has 0 saturated heterocycles. The topological polar surface area (TPSA) is 119 Å². The SMILES string of the molecule is C#CC1C(=O)C(CSOOO)=C(C)C(C(N)=O)=C1O. The molecular formula is C11H11NO6S. The Hall–Kier alpha value is -1.79. The molecule has 8 heteroatoms. The lowest BCUT2D eigenvalue weighted by Gasteiger charge is -2.22. The van der Waals surface area contributed by atoms with Gasteiger partial charge in [0.15, 0.2) is 5.78 Å². The van der Waals surface area contributed by atoms with Crippen LogP contribution >= 0.6 is 12.0 Å². The molecule has 0 aromatic carbocycles. The van der Waals surface area contributed by atoms with Crippen molar-refractivity contribution in [3.05, 3.63) is 22.5 Å². The van der Waals surface area contributed by atoms with Crippen LogP contribution < -0.4 is 5.73 Å². The lowest BCUT2D eigenvalue weighted by molar-refractivity contribution is -0.432. The number of aliphatic hydroxyl groups excluding tert-OH is 1. The predicted molar refractivity (Wildman–Crippen MR) is 66.1 cm³/mol. The monoisotopic (exact) mass is 285 g/mol. The van der Waals surface area contributed by atoms with E-state index in [2.05, 4.69) is 15.3 Å². The summed E-state index contributed by atoms with van der Waals surface area (Å²) in [5, 5.41) is 21.2. The van der Waals surface area contributed by atoms with Crippen molar-refractivity contribution in [2.75, 3.05) is 5.75 Å². The first-order valence-corrected chi connectivity index (χ1v) is 5.89. The molecule has 0 spiro atoms. The Bertz CT molecular complexity index is 516. The lowest BCUT2D eigenvalue weighted by Crippen LogP contribution is -2.30. The standard InChI is InChI=1S/C11H11NO6S/c1-3-6-9(13)7(4-19-18-17-16)5(2)8(10(6)14)11(12)15/h1,6,14,16H,4H2,2H3,(H2,12,15). The van der Waals surface area contributed by atoms with Crippen molar-refractivity contribution in [3.63, 3.8) is 0 Å². The van der Waals surface area contributed by atoms with Gasteiger partial charge in [0.05, 0.1) is 11.3 Å². The summed E-state index contributed by atoms with van der Waals surface area (Å²) in [4.78, 5) is 23.3. The lowest BCUT2D eigenvalue weighted by atomic mass is 9.83. The highest BCUT2D eigenvalue weighted by Gasteiger charge is 2.35. The maximum absolute atomic E-state index is 12.0. The van der Waals surface area contributed by atoms with Crippen molar-refractivity contribution in [2.24, 2.45) is 11.7 Å². The van der Waals surface area contributed by atoms with Crippen LogP contribution in [0.2, 0.25) is 0 Å². The van der Waals surface area contributed by atoms with E-state index in [1.807, 2.05) is 0 Å². The van der Waals surface area contributed by atoms with E-state index in [9.17, 15) is 14.7 Å². The molecular weight excluding hydrogens is 274 g/mol. The van der Waals surface area contributed by atoms with Gasteiger partial charge in [-0.15, -0.1) is 10.8 Å². The molecule has 1 aliphatic carbocycles. The van der Waals surface area contributed by atoms with Gasteiger partial charge in [-0.1, -0.05) is 11.0 Å². The van der Waals surface area contributed by atoms with Crippen molar-refractivity contribution in [2.45, 2.75) is 6.92 Å². The number of carbonyl (C=O) groups is 2. The Morgan fingerprint density at radius 3 is 2.74 bits per heavy atom. The average molecular weight is 285 g/mol. The molecule has 0 fully saturated rings. The van der Waals surface area contributed by atoms with Gasteiger partial charge in [0.1, 0.15) is 11.7 Å². The molecule has 0 aromatic heterocycles. The van der Waals surface area contributed by atoms with Crippen molar-refractivity contribution < 1.29 is 29.3 Å². The van der Waals surface area contributed by atoms with E-state index in [-0.39, 0.29) is 22.5 Å². The van der Waals surface area contributed by atoms with E-state index in [0.717, 1.165) is 0 Å². The number of aliphatic hydroxyl groups is 1. The van der Waals surface area contributed by atoms with Gasteiger partial charge in [-0.25, -0.2) is 5.26 Å². The van der Waals surface area contributed by atoms with Crippen LogP contribution in [0.4, 0.5) is 0 Å². The Morgan fingerprint density at radius 1 is 1.63 bits per heavy atom. The summed E-state index contributed by atoms with van der Waals surface area (Å²) in [6.45, 7) is 1.46. The maximum Gasteiger partial charge on any atom is 0.252 e. The highest BCUT2D eigenvalue weighted by Crippen LogP contribution is 2.32. The second kappa shape index (κ2) is 6.40. The van der Waals surface area contributed by atoms with Crippen molar-refractivity contribution >= 4 is 23.7 Å². The van der Waals surface area contributed by atoms with Crippen LogP contribution in [0.25, 0.3) is 0 Å². The van der Waals surface area contributed by atoms with Gasteiger partial charge < -0.3 is 10.8 Å². The second-order valence-electron chi connectivity index (χ2n) is 3.60. The van der Waals surface area contributed by atoms with Gasteiger partial charge in [0.25, 0.3) is 5.91 Å². The fraction of sp³-hybridized carbons (Fsp3) is 0.273. The van der Waals surface area contributed by atoms with Gasteiger partial charge in [-0.05, 0) is 12.5 Å². The Balaban J connectivity index is 3.22. The summed E-state index contributed by atoms with van der Waals surface area (Å²) in [5.41, 5.74) is 5.36. The summed E-state index contributed by atoms with van der Waals surface area (Å²) in [6.07, 6.45) is 5.17. The Morgan fingerprint density at radius 2 is 2.26 bits per heavy atom. The molecule has 0 heterocycles. The largest absolute Gasteiger partial charge is 0.510 e. The second-order valence-corrected chi connectivity index (χ2v) is 4.26. The molecule has 1 unspecified atom stereocenters. The van der Waals surface area contributed by atoms with Gasteiger partial charge in [-0.3, -0.25) is 9.59 Å². The van der Waals surface area contributed by atoms with Crippen molar-refractivity contribution in [1.29, 1.82) is 0 Å². The number of hydrogen-bond donors (Lipinski definition) is 3. The van der Waals surface area contributed by atoms with E-state index >= 15 is 0 Å². The fourth-order valence-electron chi connectivity index (χ4n) is 1.72.